The van der Waals surface area contributed by atoms with Gasteiger partial charge in [0, 0.05) is 59.5 Å². The topological polar surface area (TPSA) is 46.9 Å². The van der Waals surface area contributed by atoms with Gasteiger partial charge in [-0.05, 0) is 48.3 Å². The molecule has 2 aromatic rings. The van der Waals surface area contributed by atoms with E-state index in [-0.39, 0.29) is 22.7 Å². The Morgan fingerprint density at radius 2 is 0.971 bits per heavy atom. The number of hydrogen-bond acceptors (Lipinski definition) is 4. The maximum Gasteiger partial charge on any atom is 0.0722 e. The predicted molar refractivity (Wildman–Crippen MR) is 140 cm³/mol. The van der Waals surface area contributed by atoms with Crippen LogP contribution in [0.3, 0.4) is 0 Å². The molecule has 1 aliphatic carbocycles. The molecule has 2 aromatic carbocycles. The third-order valence-electron chi connectivity index (χ3n) is 8.95. The molecule has 1 fully saturated rings. The summed E-state index contributed by atoms with van der Waals surface area (Å²) in [6.45, 7) is 13.1. The molecule has 0 amide bonds. The number of aliphatic hydroxyl groups excluding tert-OH is 2. The molecule has 2 heterocycles. The number of anilines is 2. The van der Waals surface area contributed by atoms with Crippen molar-refractivity contribution in [2.75, 3.05) is 23.9 Å². The quantitative estimate of drug-likeness (QED) is 0.636. The van der Waals surface area contributed by atoms with Crippen LogP contribution in [-0.4, -0.2) is 36.5 Å². The van der Waals surface area contributed by atoms with Gasteiger partial charge in [-0.1, -0.05) is 64.1 Å². The van der Waals surface area contributed by atoms with E-state index in [0.29, 0.717) is 0 Å². The Morgan fingerprint density at radius 3 is 1.29 bits per heavy atom. The van der Waals surface area contributed by atoms with Gasteiger partial charge in [0.25, 0.3) is 0 Å². The highest BCUT2D eigenvalue weighted by atomic mass is 16.3. The minimum atomic E-state index is -0.615. The zero-order valence-electron chi connectivity index (χ0n) is 21.7. The van der Waals surface area contributed by atoms with E-state index < -0.39 is 12.2 Å². The number of nitrogens with zero attached hydrogens (tertiary/aromatic N) is 2. The van der Waals surface area contributed by atoms with Gasteiger partial charge in [-0.25, -0.2) is 0 Å². The van der Waals surface area contributed by atoms with Crippen LogP contribution >= 0.6 is 0 Å². The molecule has 0 radical (unpaired) electrons. The van der Waals surface area contributed by atoms with Crippen LogP contribution in [0.25, 0.3) is 0 Å². The second kappa shape index (κ2) is 7.47. The van der Waals surface area contributed by atoms with Gasteiger partial charge < -0.3 is 20.0 Å². The molecule has 34 heavy (non-hydrogen) atoms. The molecule has 2 N–H and O–H groups in total. The highest BCUT2D eigenvalue weighted by Crippen LogP contribution is 2.55. The number of hydrogen-bond donors (Lipinski definition) is 2. The SMILES string of the molecule is CC(=C1N(C)c2ccccc2C1(C)C)C1C(O)C(C(C)=C2N(C)c3ccccc3C2(C)C)C1O. The third kappa shape index (κ3) is 2.85. The van der Waals surface area contributed by atoms with Crippen LogP contribution < -0.4 is 9.80 Å². The summed E-state index contributed by atoms with van der Waals surface area (Å²) >= 11 is 0. The van der Waals surface area contributed by atoms with Crippen molar-refractivity contribution >= 4 is 11.4 Å². The van der Waals surface area contributed by atoms with E-state index in [4.69, 9.17) is 0 Å². The van der Waals surface area contributed by atoms with Crippen LogP contribution in [0.1, 0.15) is 52.7 Å². The molecule has 0 aromatic heterocycles. The standard InChI is InChI=1S/C30H38N2O2/c1-17(27-29(3,4)19-13-9-11-15-21(19)31(27)7)23-25(33)24(26(23)34)18(2)28-30(5,6)20-14-10-12-16-22(20)32(28)8/h9-16,23-26,33-34H,1-8H3. The lowest BCUT2D eigenvalue weighted by molar-refractivity contribution is -0.120. The lowest BCUT2D eigenvalue weighted by Gasteiger charge is -2.50. The third-order valence-corrected chi connectivity index (χ3v) is 8.95. The number of benzene rings is 2. The van der Waals surface area contributed by atoms with E-state index in [9.17, 15) is 10.2 Å². The Hall–Kier alpha value is -2.56. The molecule has 3 aliphatic rings. The van der Waals surface area contributed by atoms with Crippen LogP contribution in [0.5, 0.6) is 0 Å². The molecule has 180 valence electrons. The maximum absolute atomic E-state index is 11.5. The predicted octanol–water partition coefficient (Wildman–Crippen LogP) is 5.36. The summed E-state index contributed by atoms with van der Waals surface area (Å²) in [5.41, 5.74) is 9.16. The van der Waals surface area contributed by atoms with Crippen molar-refractivity contribution in [1.29, 1.82) is 0 Å². The molecular weight excluding hydrogens is 420 g/mol. The van der Waals surface area contributed by atoms with E-state index in [0.717, 1.165) is 11.1 Å². The van der Waals surface area contributed by atoms with Crippen molar-refractivity contribution in [3.63, 3.8) is 0 Å². The molecule has 0 unspecified atom stereocenters. The first kappa shape index (κ1) is 23.2. The van der Waals surface area contributed by atoms with Crippen LogP contribution in [0.4, 0.5) is 11.4 Å². The minimum Gasteiger partial charge on any atom is -0.392 e. The van der Waals surface area contributed by atoms with Gasteiger partial charge in [-0.2, -0.15) is 0 Å². The second-order valence-electron chi connectivity index (χ2n) is 11.5. The minimum absolute atomic E-state index is 0.178. The van der Waals surface area contributed by atoms with Crippen molar-refractivity contribution in [3.8, 4) is 0 Å². The summed E-state index contributed by atoms with van der Waals surface area (Å²) in [4.78, 5) is 4.49. The largest absolute Gasteiger partial charge is 0.392 e. The molecule has 0 saturated heterocycles. The van der Waals surface area contributed by atoms with Crippen molar-refractivity contribution < 1.29 is 10.2 Å². The van der Waals surface area contributed by atoms with Gasteiger partial charge >= 0.3 is 0 Å². The Bertz CT molecular complexity index is 1120. The van der Waals surface area contributed by atoms with Crippen LogP contribution in [0.15, 0.2) is 71.1 Å². The smallest absolute Gasteiger partial charge is 0.0722 e. The van der Waals surface area contributed by atoms with Crippen molar-refractivity contribution in [1.82, 2.24) is 0 Å². The number of likely N-dealkylation sites (N-methyl/N-ethyl adjacent to an activating group) is 2. The van der Waals surface area contributed by atoms with Gasteiger partial charge in [-0.3, -0.25) is 0 Å². The molecule has 4 heteroatoms. The number of rotatable bonds is 2. The maximum atomic E-state index is 11.5. The first-order chi connectivity index (χ1) is 15.9. The highest BCUT2D eigenvalue weighted by Gasteiger charge is 2.54. The molecule has 2 aliphatic heterocycles. The van der Waals surface area contributed by atoms with Gasteiger partial charge in [-0.15, -0.1) is 0 Å². The van der Waals surface area contributed by atoms with Gasteiger partial charge in [0.2, 0.25) is 0 Å². The summed E-state index contributed by atoms with van der Waals surface area (Å²) < 4.78 is 0. The Morgan fingerprint density at radius 1 is 0.647 bits per heavy atom. The average Bonchev–Trinajstić information content (AvgIpc) is 3.11. The summed E-state index contributed by atoms with van der Waals surface area (Å²) in [6.07, 6.45) is -1.23. The number of fused-ring (bicyclic) bond motifs is 2. The highest BCUT2D eigenvalue weighted by molar-refractivity contribution is 5.72. The fraction of sp³-hybridized carbons (Fsp3) is 0.467. The van der Waals surface area contributed by atoms with Crippen LogP contribution in [-0.2, 0) is 10.8 Å². The lowest BCUT2D eigenvalue weighted by atomic mass is 9.61. The number of para-hydroxylation sites is 2. The zero-order chi connectivity index (χ0) is 24.7. The zero-order valence-corrected chi connectivity index (χ0v) is 21.7. The van der Waals surface area contributed by atoms with E-state index in [1.807, 2.05) is 0 Å². The van der Waals surface area contributed by atoms with E-state index in [2.05, 4.69) is 114 Å². The summed E-state index contributed by atoms with van der Waals surface area (Å²) in [5.74, 6) is -0.549. The number of aliphatic hydroxyl groups is 2. The number of allylic oxidation sites excluding steroid dienone is 2. The molecule has 4 nitrogen and oxygen atoms in total. The van der Waals surface area contributed by atoms with E-state index >= 15 is 0 Å². The van der Waals surface area contributed by atoms with Crippen LogP contribution in [0.2, 0.25) is 0 Å². The van der Waals surface area contributed by atoms with Gasteiger partial charge in [0.1, 0.15) is 0 Å². The lowest BCUT2D eigenvalue weighted by Crippen LogP contribution is -2.57. The normalized spacial score (nSPS) is 31.7. The van der Waals surface area contributed by atoms with E-state index in [1.165, 1.54) is 33.9 Å². The monoisotopic (exact) mass is 458 g/mol. The van der Waals surface area contributed by atoms with Crippen molar-refractivity contribution in [2.24, 2.45) is 11.8 Å². The molecule has 0 bridgehead atoms. The molecule has 0 atom stereocenters. The average molecular weight is 459 g/mol. The first-order valence-corrected chi connectivity index (χ1v) is 12.4. The fourth-order valence-electron chi connectivity index (χ4n) is 7.48. The summed E-state index contributed by atoms with van der Waals surface area (Å²) in [6, 6.07) is 17.0. The first-order valence-electron chi connectivity index (χ1n) is 12.4. The molecule has 1 saturated carbocycles. The molecular formula is C30H38N2O2. The van der Waals surface area contributed by atoms with E-state index in [1.54, 1.807) is 0 Å². The van der Waals surface area contributed by atoms with Crippen LogP contribution in [0, 0.1) is 11.8 Å². The fourth-order valence-corrected chi connectivity index (χ4v) is 7.48. The summed E-state index contributed by atoms with van der Waals surface area (Å²) in [7, 11) is 4.20. The Kier molecular flexibility index (Phi) is 5.09. The van der Waals surface area contributed by atoms with Gasteiger partial charge in [0.05, 0.1) is 12.2 Å². The van der Waals surface area contributed by atoms with Crippen molar-refractivity contribution in [3.05, 3.63) is 82.2 Å². The second-order valence-corrected chi connectivity index (χ2v) is 11.5. The Balaban J connectivity index is 1.51. The molecule has 0 spiro atoms. The van der Waals surface area contributed by atoms with Gasteiger partial charge in [0.15, 0.2) is 0 Å². The Labute approximate surface area is 204 Å². The summed E-state index contributed by atoms with van der Waals surface area (Å²) in [5, 5.41) is 23.0. The van der Waals surface area contributed by atoms with Crippen molar-refractivity contribution in [2.45, 2.75) is 64.6 Å². The molecule has 5 rings (SSSR count).